The zero-order valence-corrected chi connectivity index (χ0v) is 17.1. The molecule has 0 aliphatic carbocycles. The molecular formula is C21H27N4OS+. The van der Waals surface area contributed by atoms with Crippen molar-refractivity contribution in [3.8, 4) is 5.75 Å². The first-order valence-corrected chi connectivity index (χ1v) is 10.4. The molecule has 0 unspecified atom stereocenters. The van der Waals surface area contributed by atoms with Crippen molar-refractivity contribution in [3.05, 3.63) is 46.6 Å². The Morgan fingerprint density at radius 2 is 1.81 bits per heavy atom. The molecule has 142 valence electrons. The van der Waals surface area contributed by atoms with E-state index in [1.54, 1.807) is 22.6 Å². The van der Waals surface area contributed by atoms with E-state index in [2.05, 4.69) is 47.8 Å². The predicted octanol–water partition coefficient (Wildman–Crippen LogP) is 2.40. The summed E-state index contributed by atoms with van der Waals surface area (Å²) < 4.78 is 5.90. The number of aryl methyl sites for hydroxylation is 3. The molecule has 1 aromatic carbocycles. The van der Waals surface area contributed by atoms with E-state index in [-0.39, 0.29) is 0 Å². The largest absolute Gasteiger partial charge is 0.488 e. The van der Waals surface area contributed by atoms with Crippen LogP contribution in [0.5, 0.6) is 5.75 Å². The highest BCUT2D eigenvalue weighted by molar-refractivity contribution is 7.18. The molecule has 1 fully saturated rings. The molecule has 1 aliphatic rings. The maximum atomic E-state index is 5.90. The van der Waals surface area contributed by atoms with Gasteiger partial charge in [0.1, 0.15) is 35.9 Å². The third-order valence-electron chi connectivity index (χ3n) is 5.46. The van der Waals surface area contributed by atoms with Gasteiger partial charge in [-0.05, 0) is 38.5 Å². The highest BCUT2D eigenvalue weighted by Crippen LogP contribution is 2.34. The van der Waals surface area contributed by atoms with Crippen molar-refractivity contribution >= 4 is 27.4 Å². The highest BCUT2D eigenvalue weighted by Gasteiger charge is 2.24. The smallest absolute Gasteiger partial charge is 0.141 e. The van der Waals surface area contributed by atoms with Gasteiger partial charge >= 0.3 is 0 Å². The van der Waals surface area contributed by atoms with Crippen molar-refractivity contribution < 1.29 is 9.64 Å². The summed E-state index contributed by atoms with van der Waals surface area (Å²) >= 11 is 1.77. The van der Waals surface area contributed by atoms with E-state index in [1.165, 1.54) is 21.4 Å². The summed E-state index contributed by atoms with van der Waals surface area (Å²) in [5.74, 6) is 2.07. The Labute approximate surface area is 164 Å². The first-order valence-electron chi connectivity index (χ1n) is 9.60. The number of anilines is 1. The number of benzene rings is 1. The number of nitrogens with one attached hydrogen (secondary N) is 1. The molecule has 2 aromatic heterocycles. The lowest BCUT2D eigenvalue weighted by Gasteiger charge is -2.33. The summed E-state index contributed by atoms with van der Waals surface area (Å²) in [7, 11) is 0. The van der Waals surface area contributed by atoms with Crippen LogP contribution < -0.4 is 14.5 Å². The van der Waals surface area contributed by atoms with Crippen LogP contribution in [0.2, 0.25) is 0 Å². The first kappa shape index (κ1) is 18.2. The molecule has 27 heavy (non-hydrogen) atoms. The number of ether oxygens (including phenoxy) is 1. The number of quaternary nitrogens is 1. The lowest BCUT2D eigenvalue weighted by molar-refractivity contribution is -0.900. The summed E-state index contributed by atoms with van der Waals surface area (Å²) in [4.78, 5) is 15.6. The number of fused-ring (bicyclic) bond motifs is 1. The van der Waals surface area contributed by atoms with Gasteiger partial charge in [0.2, 0.25) is 0 Å². The third-order valence-corrected chi connectivity index (χ3v) is 6.58. The normalized spacial score (nSPS) is 15.4. The lowest BCUT2D eigenvalue weighted by Crippen LogP contribution is -3.15. The number of hydrogen-bond donors (Lipinski definition) is 1. The van der Waals surface area contributed by atoms with Gasteiger partial charge in [-0.3, -0.25) is 0 Å². The fraction of sp³-hybridized carbons (Fsp3) is 0.429. The zero-order chi connectivity index (χ0) is 18.8. The van der Waals surface area contributed by atoms with Gasteiger partial charge < -0.3 is 14.5 Å². The van der Waals surface area contributed by atoms with Gasteiger partial charge in [-0.15, -0.1) is 11.3 Å². The van der Waals surface area contributed by atoms with Crippen LogP contribution in [0.4, 0.5) is 5.82 Å². The Hall–Kier alpha value is -2.18. The molecule has 3 aromatic rings. The Morgan fingerprint density at radius 3 is 2.56 bits per heavy atom. The predicted molar refractivity (Wildman–Crippen MR) is 111 cm³/mol. The van der Waals surface area contributed by atoms with Crippen molar-refractivity contribution in [2.24, 2.45) is 0 Å². The van der Waals surface area contributed by atoms with E-state index in [0.717, 1.165) is 55.7 Å². The van der Waals surface area contributed by atoms with E-state index >= 15 is 0 Å². The molecule has 0 bridgehead atoms. The molecule has 1 N–H and O–H groups in total. The van der Waals surface area contributed by atoms with E-state index in [0.29, 0.717) is 0 Å². The molecular weight excluding hydrogens is 356 g/mol. The molecule has 0 atom stereocenters. The van der Waals surface area contributed by atoms with Gasteiger partial charge in [0.15, 0.2) is 0 Å². The summed E-state index contributed by atoms with van der Waals surface area (Å²) in [5.41, 5.74) is 2.59. The zero-order valence-electron chi connectivity index (χ0n) is 16.3. The highest BCUT2D eigenvalue weighted by atomic mass is 32.1. The Kier molecular flexibility index (Phi) is 5.27. The van der Waals surface area contributed by atoms with E-state index < -0.39 is 0 Å². The lowest BCUT2D eigenvalue weighted by atomic mass is 10.2. The maximum absolute atomic E-state index is 5.90. The van der Waals surface area contributed by atoms with Gasteiger partial charge in [0, 0.05) is 4.88 Å². The molecule has 3 heterocycles. The quantitative estimate of drug-likeness (QED) is 0.735. The van der Waals surface area contributed by atoms with Crippen LogP contribution in [0.15, 0.2) is 30.6 Å². The van der Waals surface area contributed by atoms with Crippen LogP contribution in [0, 0.1) is 20.8 Å². The minimum Gasteiger partial charge on any atom is -0.488 e. The second-order valence-corrected chi connectivity index (χ2v) is 8.51. The molecule has 4 rings (SSSR count). The average Bonchev–Trinajstić information content (AvgIpc) is 2.98. The minimum atomic E-state index is 0.763. The maximum Gasteiger partial charge on any atom is 0.141 e. The van der Waals surface area contributed by atoms with Crippen LogP contribution in [0.1, 0.15) is 16.0 Å². The van der Waals surface area contributed by atoms with Gasteiger partial charge in [0.25, 0.3) is 0 Å². The number of aromatic nitrogens is 2. The molecule has 0 saturated carbocycles. The molecule has 0 radical (unpaired) electrons. The molecule has 0 amide bonds. The van der Waals surface area contributed by atoms with Crippen molar-refractivity contribution in [1.82, 2.24) is 9.97 Å². The summed E-state index contributed by atoms with van der Waals surface area (Å²) in [5, 5.41) is 1.24. The molecule has 6 heteroatoms. The number of piperazine rings is 1. The third kappa shape index (κ3) is 3.92. The monoisotopic (exact) mass is 383 g/mol. The number of nitrogens with zero attached hydrogens (tertiary/aromatic N) is 3. The van der Waals surface area contributed by atoms with E-state index in [4.69, 9.17) is 4.74 Å². The molecule has 5 nitrogen and oxygen atoms in total. The van der Waals surface area contributed by atoms with Crippen molar-refractivity contribution in [1.29, 1.82) is 0 Å². The Balaban J connectivity index is 1.33. The summed E-state index contributed by atoms with van der Waals surface area (Å²) in [6.07, 6.45) is 1.71. The van der Waals surface area contributed by atoms with Gasteiger partial charge in [0.05, 0.1) is 31.6 Å². The number of thiophene rings is 1. The summed E-state index contributed by atoms with van der Waals surface area (Å²) in [6, 6.07) is 8.29. The molecule has 1 aliphatic heterocycles. The number of hydrogen-bond acceptors (Lipinski definition) is 5. The average molecular weight is 384 g/mol. The topological polar surface area (TPSA) is 42.7 Å². The molecule has 1 saturated heterocycles. The van der Waals surface area contributed by atoms with Crippen LogP contribution in [0.25, 0.3) is 10.2 Å². The summed E-state index contributed by atoms with van der Waals surface area (Å²) in [6.45, 7) is 12.5. The van der Waals surface area contributed by atoms with Crippen molar-refractivity contribution in [2.45, 2.75) is 20.8 Å². The van der Waals surface area contributed by atoms with Crippen LogP contribution in [0.3, 0.4) is 0 Å². The van der Waals surface area contributed by atoms with Crippen LogP contribution >= 0.6 is 11.3 Å². The molecule has 0 spiro atoms. The van der Waals surface area contributed by atoms with Crippen LogP contribution in [-0.4, -0.2) is 49.3 Å². The second kappa shape index (κ2) is 7.82. The van der Waals surface area contributed by atoms with Crippen molar-refractivity contribution in [2.75, 3.05) is 44.2 Å². The van der Waals surface area contributed by atoms with E-state index in [1.807, 2.05) is 12.1 Å². The van der Waals surface area contributed by atoms with Crippen LogP contribution in [-0.2, 0) is 0 Å². The van der Waals surface area contributed by atoms with Gasteiger partial charge in [-0.2, -0.15) is 0 Å². The van der Waals surface area contributed by atoms with Gasteiger partial charge in [-0.1, -0.05) is 17.7 Å². The van der Waals surface area contributed by atoms with Gasteiger partial charge in [-0.25, -0.2) is 9.97 Å². The SMILES string of the molecule is Cc1ccc(OCC[NH+]2CCN(c3ncnc4sc(C)c(C)c34)CC2)cc1. The number of rotatable bonds is 5. The standard InChI is InChI=1S/C21H26N4OS/c1-15-4-6-18(7-5-15)26-13-12-24-8-10-25(11-9-24)20-19-16(2)17(3)27-21(19)23-14-22-20/h4-7,14H,8-13H2,1-3H3/p+1. The first-order chi connectivity index (χ1) is 13.1. The minimum absolute atomic E-state index is 0.763. The van der Waals surface area contributed by atoms with Crippen molar-refractivity contribution in [3.63, 3.8) is 0 Å². The Bertz CT molecular complexity index is 914. The fourth-order valence-corrected chi connectivity index (χ4v) is 4.63. The second-order valence-electron chi connectivity index (χ2n) is 7.31. The Morgan fingerprint density at radius 1 is 1.07 bits per heavy atom. The fourth-order valence-electron chi connectivity index (χ4n) is 3.64. The van der Waals surface area contributed by atoms with E-state index in [9.17, 15) is 0 Å².